The number of nitrogens with zero attached hydrogens (tertiary/aromatic N) is 2. The second kappa shape index (κ2) is 8.36. The molecule has 29 heavy (non-hydrogen) atoms. The van der Waals surface area contributed by atoms with Gasteiger partial charge in [0.25, 0.3) is 0 Å². The van der Waals surface area contributed by atoms with Crippen LogP contribution in [0.15, 0.2) is 71.8 Å². The van der Waals surface area contributed by atoms with Crippen molar-refractivity contribution in [2.75, 3.05) is 19.2 Å². The number of hydrazone groups is 1. The molecule has 3 aromatic rings. The zero-order valence-electron chi connectivity index (χ0n) is 16.1. The minimum atomic E-state index is -0.0737. The van der Waals surface area contributed by atoms with E-state index >= 15 is 0 Å². The van der Waals surface area contributed by atoms with Crippen LogP contribution in [0.2, 0.25) is 10.0 Å². The highest BCUT2D eigenvalue weighted by Crippen LogP contribution is 2.45. The Hall–Kier alpha value is -2.69. The summed E-state index contributed by atoms with van der Waals surface area (Å²) >= 11 is 12.8. The summed E-state index contributed by atoms with van der Waals surface area (Å²) in [6, 6.07) is 21.6. The molecule has 0 radical (unpaired) electrons. The van der Waals surface area contributed by atoms with E-state index in [4.69, 9.17) is 37.8 Å². The third-order valence-corrected chi connectivity index (χ3v) is 5.62. The molecular weight excluding hydrogens is 407 g/mol. The first-order valence-electron chi connectivity index (χ1n) is 9.20. The van der Waals surface area contributed by atoms with E-state index in [0.717, 1.165) is 22.5 Å². The van der Waals surface area contributed by atoms with E-state index in [1.54, 1.807) is 14.2 Å². The van der Waals surface area contributed by atoms with Gasteiger partial charge >= 0.3 is 0 Å². The number of hydrogen-bond acceptors (Lipinski definition) is 4. The van der Waals surface area contributed by atoms with Gasteiger partial charge in [0.05, 0.1) is 36.7 Å². The second-order valence-electron chi connectivity index (χ2n) is 6.66. The van der Waals surface area contributed by atoms with Crippen LogP contribution >= 0.6 is 23.2 Å². The monoisotopic (exact) mass is 426 g/mol. The number of methoxy groups -OCH3 is 2. The third-order valence-electron chi connectivity index (χ3n) is 4.98. The fraction of sp³-hybridized carbons (Fsp3) is 0.174. The molecular formula is C23H20Cl2N2O2. The van der Waals surface area contributed by atoms with Crippen molar-refractivity contribution in [1.29, 1.82) is 0 Å². The molecule has 0 N–H and O–H groups in total. The Morgan fingerprint density at radius 3 is 2.28 bits per heavy atom. The van der Waals surface area contributed by atoms with Crippen molar-refractivity contribution >= 4 is 34.6 Å². The molecule has 0 spiro atoms. The molecule has 1 aliphatic heterocycles. The van der Waals surface area contributed by atoms with E-state index in [0.29, 0.717) is 28.0 Å². The predicted octanol–water partition coefficient (Wildman–Crippen LogP) is 6.37. The lowest BCUT2D eigenvalue weighted by Crippen LogP contribution is -2.19. The summed E-state index contributed by atoms with van der Waals surface area (Å²) in [7, 11) is 3.19. The Balaban J connectivity index is 1.79. The molecule has 0 saturated carbocycles. The van der Waals surface area contributed by atoms with Crippen LogP contribution in [0.3, 0.4) is 0 Å². The van der Waals surface area contributed by atoms with Crippen LogP contribution < -0.4 is 14.5 Å². The van der Waals surface area contributed by atoms with Gasteiger partial charge in [0.1, 0.15) is 0 Å². The number of halogens is 2. The lowest BCUT2D eigenvalue weighted by Gasteiger charge is -2.25. The molecule has 1 atom stereocenters. The van der Waals surface area contributed by atoms with E-state index in [1.807, 2.05) is 71.7 Å². The van der Waals surface area contributed by atoms with Crippen molar-refractivity contribution in [1.82, 2.24) is 0 Å². The van der Waals surface area contributed by atoms with Gasteiger partial charge in [0.2, 0.25) is 0 Å². The molecule has 0 saturated heterocycles. The van der Waals surface area contributed by atoms with Crippen molar-refractivity contribution in [3.8, 4) is 11.5 Å². The molecule has 1 aliphatic rings. The Morgan fingerprint density at radius 1 is 0.897 bits per heavy atom. The topological polar surface area (TPSA) is 34.1 Å². The first-order chi connectivity index (χ1) is 14.1. The third kappa shape index (κ3) is 3.78. The van der Waals surface area contributed by atoms with Crippen molar-refractivity contribution in [3.63, 3.8) is 0 Å². The normalized spacial score (nSPS) is 15.9. The van der Waals surface area contributed by atoms with Gasteiger partial charge in [-0.1, -0.05) is 59.6 Å². The number of rotatable bonds is 5. The number of ether oxygens (including phenoxy) is 2. The maximum Gasteiger partial charge on any atom is 0.179 e. The van der Waals surface area contributed by atoms with Gasteiger partial charge in [0.15, 0.2) is 11.5 Å². The zero-order valence-corrected chi connectivity index (χ0v) is 17.6. The summed E-state index contributed by atoms with van der Waals surface area (Å²) in [5.74, 6) is 1.13. The maximum atomic E-state index is 6.74. The van der Waals surface area contributed by atoms with Crippen molar-refractivity contribution in [3.05, 3.63) is 87.9 Å². The van der Waals surface area contributed by atoms with Crippen LogP contribution in [0, 0.1) is 0 Å². The standard InChI is InChI=1S/C23H20Cl2N2O2/c1-28-21-13-12-18(22(25)23(21)29-2)20-14-19(15-8-10-16(24)11-9-15)26-27(20)17-6-4-3-5-7-17/h3-13,20H,14H2,1-2H3. The molecule has 0 aliphatic carbocycles. The van der Waals surface area contributed by atoms with Gasteiger partial charge in [0, 0.05) is 11.4 Å². The van der Waals surface area contributed by atoms with Crippen LogP contribution in [0.5, 0.6) is 11.5 Å². The first kappa shape index (κ1) is 19.6. The highest BCUT2D eigenvalue weighted by molar-refractivity contribution is 6.33. The summed E-state index contributed by atoms with van der Waals surface area (Å²) in [6.45, 7) is 0. The molecule has 0 amide bonds. The van der Waals surface area contributed by atoms with Crippen molar-refractivity contribution < 1.29 is 9.47 Å². The SMILES string of the molecule is COc1ccc(C2CC(c3ccc(Cl)cc3)=NN2c2ccccc2)c(Cl)c1OC. The lowest BCUT2D eigenvalue weighted by molar-refractivity contribution is 0.354. The molecule has 0 aromatic heterocycles. The summed E-state index contributed by atoms with van der Waals surface area (Å²) in [6.07, 6.45) is 0.700. The minimum Gasteiger partial charge on any atom is -0.493 e. The first-order valence-corrected chi connectivity index (χ1v) is 9.96. The van der Waals surface area contributed by atoms with Crippen LogP contribution in [-0.2, 0) is 0 Å². The predicted molar refractivity (Wildman–Crippen MR) is 119 cm³/mol. The minimum absolute atomic E-state index is 0.0737. The molecule has 4 nitrogen and oxygen atoms in total. The Morgan fingerprint density at radius 2 is 1.62 bits per heavy atom. The van der Waals surface area contributed by atoms with Crippen LogP contribution in [-0.4, -0.2) is 19.9 Å². The lowest BCUT2D eigenvalue weighted by atomic mass is 9.97. The van der Waals surface area contributed by atoms with Gasteiger partial charge < -0.3 is 9.47 Å². The van der Waals surface area contributed by atoms with Crippen LogP contribution in [0.4, 0.5) is 5.69 Å². The van der Waals surface area contributed by atoms with Crippen molar-refractivity contribution in [2.24, 2.45) is 5.10 Å². The van der Waals surface area contributed by atoms with Gasteiger partial charge in [-0.25, -0.2) is 0 Å². The largest absolute Gasteiger partial charge is 0.493 e. The summed E-state index contributed by atoms with van der Waals surface area (Å²) in [4.78, 5) is 0. The molecule has 0 fully saturated rings. The molecule has 4 rings (SSSR count). The van der Waals surface area contributed by atoms with Crippen LogP contribution in [0.25, 0.3) is 0 Å². The second-order valence-corrected chi connectivity index (χ2v) is 7.47. The fourth-order valence-electron chi connectivity index (χ4n) is 3.55. The van der Waals surface area contributed by atoms with E-state index in [-0.39, 0.29) is 6.04 Å². The number of hydrogen-bond donors (Lipinski definition) is 0. The van der Waals surface area contributed by atoms with Gasteiger partial charge in [-0.05, 0) is 41.5 Å². The van der Waals surface area contributed by atoms with Gasteiger partial charge in [-0.15, -0.1) is 0 Å². The molecule has 148 valence electrons. The van der Waals surface area contributed by atoms with Crippen LogP contribution in [0.1, 0.15) is 23.6 Å². The number of anilines is 1. The van der Waals surface area contributed by atoms with E-state index in [1.165, 1.54) is 0 Å². The molecule has 3 aromatic carbocycles. The fourth-order valence-corrected chi connectivity index (χ4v) is 4.04. The Kier molecular flexibility index (Phi) is 5.65. The van der Waals surface area contributed by atoms with Crippen molar-refractivity contribution in [2.45, 2.75) is 12.5 Å². The zero-order chi connectivity index (χ0) is 20.4. The highest BCUT2D eigenvalue weighted by atomic mass is 35.5. The Bertz CT molecular complexity index is 1040. The summed E-state index contributed by atoms with van der Waals surface area (Å²) in [5, 5.41) is 8.18. The molecule has 0 bridgehead atoms. The summed E-state index contributed by atoms with van der Waals surface area (Å²) < 4.78 is 10.9. The van der Waals surface area contributed by atoms with E-state index < -0.39 is 0 Å². The number of para-hydroxylation sites is 1. The maximum absolute atomic E-state index is 6.74. The highest BCUT2D eigenvalue weighted by Gasteiger charge is 2.32. The summed E-state index contributed by atoms with van der Waals surface area (Å²) in [5.41, 5.74) is 3.93. The molecule has 6 heteroatoms. The smallest absolute Gasteiger partial charge is 0.179 e. The quantitative estimate of drug-likeness (QED) is 0.475. The van der Waals surface area contributed by atoms with E-state index in [2.05, 4.69) is 0 Å². The van der Waals surface area contributed by atoms with Gasteiger partial charge in [-0.3, -0.25) is 5.01 Å². The average Bonchev–Trinajstić information content (AvgIpc) is 3.19. The Labute approximate surface area is 180 Å². The average molecular weight is 427 g/mol. The number of benzene rings is 3. The molecule has 1 heterocycles. The van der Waals surface area contributed by atoms with Gasteiger partial charge in [-0.2, -0.15) is 5.10 Å². The van der Waals surface area contributed by atoms with E-state index in [9.17, 15) is 0 Å². The molecule has 1 unspecified atom stereocenters.